The van der Waals surface area contributed by atoms with Crippen LogP contribution in [0, 0.1) is 11.8 Å². The molecule has 0 unspecified atom stereocenters. The molecule has 4 aromatic rings. The molecule has 0 radical (unpaired) electrons. The molecule has 3 N–H and O–H groups in total. The third kappa shape index (κ3) is 12.8. The summed E-state index contributed by atoms with van der Waals surface area (Å²) in [5, 5.41) is 8.83. The zero-order chi connectivity index (χ0) is 36.8. The fraction of sp³-hybridized carbons (Fsp3) is 0.333. The first-order valence-electron chi connectivity index (χ1n) is 17.6. The molecule has 6 atom stereocenters. The highest BCUT2D eigenvalue weighted by molar-refractivity contribution is 7.96. The summed E-state index contributed by atoms with van der Waals surface area (Å²) in [6.07, 6.45) is 1.48. The number of thiol groups is 1. The lowest BCUT2D eigenvalue weighted by atomic mass is 10.0. The van der Waals surface area contributed by atoms with Gasteiger partial charge in [-0.1, -0.05) is 135 Å². The van der Waals surface area contributed by atoms with Crippen molar-refractivity contribution in [2.45, 2.75) is 77.8 Å². The van der Waals surface area contributed by atoms with Gasteiger partial charge >= 0.3 is 0 Å². The molecular formula is C42H50N4O4S. The molecule has 3 amide bonds. The topological polar surface area (TPSA) is 117 Å². The summed E-state index contributed by atoms with van der Waals surface area (Å²) in [6.45, 7) is 8.86. The highest BCUT2D eigenvalue weighted by atomic mass is 32.1. The predicted octanol–water partition coefficient (Wildman–Crippen LogP) is 5.77. The largest absolute Gasteiger partial charge is 0.351 e. The lowest BCUT2D eigenvalue weighted by Crippen LogP contribution is -2.32. The smallest absolute Gasteiger partial charge is 0.245 e. The normalized spacial score (nSPS) is 19.4. The van der Waals surface area contributed by atoms with E-state index in [0.717, 1.165) is 23.1 Å². The number of hydrogen-bond donors (Lipinski definition) is 4. The van der Waals surface area contributed by atoms with Gasteiger partial charge in [-0.15, -0.1) is 12.6 Å². The second-order valence-electron chi connectivity index (χ2n) is 13.3. The van der Waals surface area contributed by atoms with Crippen molar-refractivity contribution >= 4 is 35.5 Å². The molecule has 0 aromatic heterocycles. The highest BCUT2D eigenvalue weighted by Crippen LogP contribution is 2.31. The summed E-state index contributed by atoms with van der Waals surface area (Å²) in [7, 11) is 0. The second-order valence-corrected chi connectivity index (χ2v) is 13.7. The molecule has 0 aliphatic carbocycles. The number of nitrogens with zero attached hydrogens (tertiary/aromatic N) is 1. The van der Waals surface area contributed by atoms with Gasteiger partial charge in [-0.2, -0.15) is 0 Å². The highest BCUT2D eigenvalue weighted by Gasteiger charge is 2.53. The fourth-order valence-electron chi connectivity index (χ4n) is 5.71. The van der Waals surface area contributed by atoms with Crippen LogP contribution >= 0.6 is 12.6 Å². The van der Waals surface area contributed by atoms with E-state index in [0.29, 0.717) is 25.6 Å². The summed E-state index contributed by atoms with van der Waals surface area (Å²) in [6, 6.07) is 39.7. The Bertz CT molecular complexity index is 1690. The minimum atomic E-state index is -0.338. The first-order chi connectivity index (χ1) is 24.5. The van der Waals surface area contributed by atoms with Crippen LogP contribution in [0.25, 0.3) is 0 Å². The monoisotopic (exact) mass is 706 g/mol. The molecule has 8 nitrogen and oxygen atoms in total. The number of hydrogen-bond acceptors (Lipinski definition) is 5. The lowest BCUT2D eigenvalue weighted by molar-refractivity contribution is -0.132. The summed E-state index contributed by atoms with van der Waals surface area (Å²) >= 11 is 3.78. The van der Waals surface area contributed by atoms with Crippen molar-refractivity contribution in [2.75, 3.05) is 0 Å². The quantitative estimate of drug-likeness (QED) is 0.110. The van der Waals surface area contributed by atoms with Crippen molar-refractivity contribution < 1.29 is 19.2 Å². The van der Waals surface area contributed by atoms with Gasteiger partial charge < -0.3 is 15.5 Å². The summed E-state index contributed by atoms with van der Waals surface area (Å²) < 4.78 is 0. The number of benzene rings is 4. The first kappa shape index (κ1) is 39.1. The van der Waals surface area contributed by atoms with Crippen molar-refractivity contribution in [3.63, 3.8) is 0 Å². The molecule has 2 fully saturated rings. The first-order valence-corrected chi connectivity index (χ1v) is 18.0. The third-order valence-corrected chi connectivity index (χ3v) is 9.42. The minimum absolute atomic E-state index is 0.00994. The lowest BCUT2D eigenvalue weighted by Gasteiger charge is -2.13. The number of rotatable bonds is 12. The van der Waals surface area contributed by atoms with E-state index in [4.69, 9.17) is 0 Å². The maximum Gasteiger partial charge on any atom is 0.245 e. The summed E-state index contributed by atoms with van der Waals surface area (Å²) in [4.78, 5) is 49.0. The van der Waals surface area contributed by atoms with Crippen molar-refractivity contribution in [1.29, 1.82) is 0 Å². The average Bonchev–Trinajstić information content (AvgIpc) is 4.06. The van der Waals surface area contributed by atoms with Gasteiger partial charge in [0, 0.05) is 31.0 Å². The number of carbonyl (C=O) groups is 4. The van der Waals surface area contributed by atoms with Crippen LogP contribution in [-0.2, 0) is 45.1 Å². The van der Waals surface area contributed by atoms with Gasteiger partial charge in [0.25, 0.3) is 0 Å². The van der Waals surface area contributed by atoms with Crippen LogP contribution in [-0.4, -0.2) is 51.9 Å². The molecule has 2 aliphatic heterocycles. The van der Waals surface area contributed by atoms with E-state index >= 15 is 0 Å². The van der Waals surface area contributed by atoms with Crippen LogP contribution in [0.4, 0.5) is 0 Å². The van der Waals surface area contributed by atoms with Crippen LogP contribution in [0.3, 0.4) is 0 Å². The Labute approximate surface area is 307 Å². The maximum atomic E-state index is 12.7. The van der Waals surface area contributed by atoms with Crippen molar-refractivity contribution in [2.24, 2.45) is 11.8 Å². The van der Waals surface area contributed by atoms with E-state index in [-0.39, 0.29) is 52.8 Å². The Hall–Kier alpha value is -4.73. The van der Waals surface area contributed by atoms with Crippen molar-refractivity contribution in [1.82, 2.24) is 20.9 Å². The van der Waals surface area contributed by atoms with E-state index in [1.165, 1.54) is 5.56 Å². The number of carbonyl (C=O) groups excluding carboxylic acids is 4. The van der Waals surface area contributed by atoms with Gasteiger partial charge in [0.1, 0.15) is 12.1 Å². The van der Waals surface area contributed by atoms with Crippen LogP contribution in [0.5, 0.6) is 0 Å². The van der Waals surface area contributed by atoms with Crippen molar-refractivity contribution in [3.05, 3.63) is 144 Å². The Morgan fingerprint density at radius 3 is 1.39 bits per heavy atom. The average molecular weight is 707 g/mol. The Morgan fingerprint density at radius 1 is 0.627 bits per heavy atom. The molecular weight excluding hydrogens is 657 g/mol. The molecule has 4 aromatic carbocycles. The molecule has 51 heavy (non-hydrogen) atoms. The zero-order valence-electron chi connectivity index (χ0n) is 29.9. The van der Waals surface area contributed by atoms with Gasteiger partial charge in [-0.25, -0.2) is 0 Å². The third-order valence-electron chi connectivity index (χ3n) is 8.98. The Kier molecular flexibility index (Phi) is 15.0. The SMILES string of the molecule is C[C@@H](Cc1ccccc1)C(=O)N1[C@H](C(=O)NCc2ccccc2)[C@@H]1C.C[C@@H](Cc1ccccc1)C(=O)S.C[C@@H]1N[C@@H]1C(=O)NCc1ccccc1. The molecule has 0 bridgehead atoms. The molecule has 2 heterocycles. The molecule has 0 spiro atoms. The molecule has 0 saturated carbocycles. The van der Waals surface area contributed by atoms with Gasteiger partial charge in [0.15, 0.2) is 5.12 Å². The number of nitrogens with one attached hydrogen (secondary N) is 3. The van der Waals surface area contributed by atoms with Crippen LogP contribution in [0.2, 0.25) is 0 Å². The van der Waals surface area contributed by atoms with Crippen molar-refractivity contribution in [3.8, 4) is 0 Å². The Balaban J connectivity index is 0.000000189. The maximum absolute atomic E-state index is 12.7. The molecule has 2 saturated heterocycles. The molecule has 2 aliphatic rings. The fourth-order valence-corrected chi connectivity index (χ4v) is 5.80. The van der Waals surface area contributed by atoms with E-state index in [1.807, 2.05) is 149 Å². The van der Waals surface area contributed by atoms with Gasteiger partial charge in [-0.3, -0.25) is 24.5 Å². The standard InChI is InChI=1S/C21H24N2O2.C11H14N2O.C10H12OS/c1-15(13-17-9-5-3-6-10-17)21(25)23-16(2)19(23)20(24)22-14-18-11-7-4-8-12-18;1-8-10(13-8)11(14)12-7-9-5-3-2-4-6-9;1-8(10(11)12)7-9-5-3-2-4-6-9/h3-12,15-16,19H,13-14H2,1-2H3,(H,22,24);2-6,8,10,13H,7H2,1H3,(H,12,14);2-6,8H,7H2,1H3,(H,11,12)/t15-,16-,19-,23?;8-,10-;8-/m000/s1. The Morgan fingerprint density at radius 2 is 1.00 bits per heavy atom. The molecule has 9 heteroatoms. The molecule has 6 rings (SSSR count). The zero-order valence-corrected chi connectivity index (χ0v) is 30.8. The van der Waals surface area contributed by atoms with E-state index in [2.05, 4.69) is 28.6 Å². The van der Waals surface area contributed by atoms with E-state index < -0.39 is 0 Å². The molecule has 268 valence electrons. The van der Waals surface area contributed by atoms with E-state index in [1.54, 1.807) is 4.90 Å². The number of amides is 3. The van der Waals surface area contributed by atoms with Gasteiger partial charge in [0.2, 0.25) is 17.7 Å². The van der Waals surface area contributed by atoms with Gasteiger partial charge in [-0.05, 0) is 48.9 Å². The van der Waals surface area contributed by atoms with Gasteiger partial charge in [0.05, 0.1) is 6.04 Å². The van der Waals surface area contributed by atoms with Crippen LogP contribution in [0.15, 0.2) is 121 Å². The second kappa shape index (κ2) is 19.6. The predicted molar refractivity (Wildman–Crippen MR) is 206 cm³/mol. The summed E-state index contributed by atoms with van der Waals surface area (Å²) in [5.74, 6) is -0.0401. The van der Waals surface area contributed by atoms with E-state index in [9.17, 15) is 19.2 Å². The minimum Gasteiger partial charge on any atom is -0.351 e. The van der Waals surface area contributed by atoms with Crippen LogP contribution < -0.4 is 16.0 Å². The summed E-state index contributed by atoms with van der Waals surface area (Å²) in [5.41, 5.74) is 4.52. The van der Waals surface area contributed by atoms with Crippen LogP contribution in [0.1, 0.15) is 49.9 Å².